The van der Waals surface area contributed by atoms with Crippen molar-refractivity contribution in [2.45, 2.75) is 38.6 Å². The lowest BCUT2D eigenvalue weighted by Gasteiger charge is -2.15. The molecule has 0 rings (SSSR count). The van der Waals surface area contributed by atoms with Gasteiger partial charge in [0.15, 0.2) is 0 Å². The van der Waals surface area contributed by atoms with E-state index < -0.39 is 16.3 Å². The number of rotatable bonds is 6. The average molecular weight is 331 g/mol. The van der Waals surface area contributed by atoms with Crippen LogP contribution in [0, 0.1) is 5.92 Å². The fourth-order valence-electron chi connectivity index (χ4n) is 0.809. The highest BCUT2D eigenvalue weighted by Gasteiger charge is 2.18. The second-order valence-corrected chi connectivity index (χ2v) is 6.84. The van der Waals surface area contributed by atoms with E-state index in [0.717, 1.165) is 0 Å². The lowest BCUT2D eigenvalue weighted by Crippen LogP contribution is -2.43. The third-order valence-electron chi connectivity index (χ3n) is 1.75. The van der Waals surface area contributed by atoms with E-state index in [2.05, 4.69) is 25.4 Å². The van der Waals surface area contributed by atoms with Gasteiger partial charge in [0.05, 0.1) is 6.10 Å². The van der Waals surface area contributed by atoms with Crippen molar-refractivity contribution in [3.63, 3.8) is 0 Å². The summed E-state index contributed by atoms with van der Waals surface area (Å²) in [6.07, 6.45) is -1.35. The van der Waals surface area contributed by atoms with Gasteiger partial charge in [0.25, 0.3) is 0 Å². The second kappa shape index (κ2) is 7.17. The van der Waals surface area contributed by atoms with E-state index >= 15 is 0 Å². The molecule has 0 spiro atoms. The average Bonchev–Trinajstić information content (AvgIpc) is 2.11. The maximum absolute atomic E-state index is 11.4. The fraction of sp³-hybridized carbons (Fsp3) is 0.889. The highest BCUT2D eigenvalue weighted by molar-refractivity contribution is 9.09. The Balaban J connectivity index is 4.17. The SMILES string of the molecule is CC(C)OC(=O)NS(=O)(=O)NCC(Br)C(C)C. The summed E-state index contributed by atoms with van der Waals surface area (Å²) in [7, 11) is -3.86. The van der Waals surface area contributed by atoms with E-state index in [-0.39, 0.29) is 23.4 Å². The number of amides is 1. The molecule has 8 heteroatoms. The third-order valence-corrected chi connectivity index (χ3v) is 4.12. The Hall–Kier alpha value is -0.340. The number of hydrogen-bond donors (Lipinski definition) is 2. The Morgan fingerprint density at radius 2 is 1.82 bits per heavy atom. The van der Waals surface area contributed by atoms with Gasteiger partial charge >= 0.3 is 16.3 Å². The molecule has 0 aliphatic rings. The molecule has 0 heterocycles. The summed E-state index contributed by atoms with van der Waals surface area (Å²) in [5.41, 5.74) is 0. The normalized spacial score (nSPS) is 13.8. The summed E-state index contributed by atoms with van der Waals surface area (Å²) in [5, 5.41) is 0. The van der Waals surface area contributed by atoms with Crippen LogP contribution in [0.3, 0.4) is 0 Å². The summed E-state index contributed by atoms with van der Waals surface area (Å²) < 4.78 is 31.5. The van der Waals surface area contributed by atoms with Crippen molar-refractivity contribution in [3.8, 4) is 0 Å². The molecule has 0 aromatic rings. The molecule has 0 aromatic heterocycles. The molecule has 0 aliphatic carbocycles. The van der Waals surface area contributed by atoms with Gasteiger partial charge in [-0.2, -0.15) is 13.1 Å². The quantitative estimate of drug-likeness (QED) is 0.720. The first-order chi connectivity index (χ1) is 7.64. The van der Waals surface area contributed by atoms with E-state index in [1.807, 2.05) is 13.8 Å². The summed E-state index contributed by atoms with van der Waals surface area (Å²) in [4.78, 5) is 11.1. The van der Waals surface area contributed by atoms with Crippen molar-refractivity contribution in [1.29, 1.82) is 0 Å². The monoisotopic (exact) mass is 330 g/mol. The van der Waals surface area contributed by atoms with Crippen molar-refractivity contribution < 1.29 is 17.9 Å². The smallest absolute Gasteiger partial charge is 0.422 e. The van der Waals surface area contributed by atoms with Crippen LogP contribution >= 0.6 is 15.9 Å². The van der Waals surface area contributed by atoms with Crippen LogP contribution in [-0.4, -0.2) is 32.0 Å². The highest BCUT2D eigenvalue weighted by Crippen LogP contribution is 2.10. The third kappa shape index (κ3) is 8.39. The zero-order chi connectivity index (χ0) is 13.6. The number of alkyl halides is 1. The number of hydrogen-bond acceptors (Lipinski definition) is 4. The standard InChI is InChI=1S/C9H19BrN2O4S/c1-6(2)8(10)5-11-17(14,15)12-9(13)16-7(3)4/h6-8,11H,5H2,1-4H3,(H,12,13). The van der Waals surface area contributed by atoms with E-state index in [1.165, 1.54) is 0 Å². The molecule has 0 radical (unpaired) electrons. The lowest BCUT2D eigenvalue weighted by atomic mass is 10.1. The second-order valence-electron chi connectivity index (χ2n) is 4.17. The number of carbonyl (C=O) groups excluding carboxylic acids is 1. The molecule has 6 nitrogen and oxygen atoms in total. The zero-order valence-electron chi connectivity index (χ0n) is 10.4. The first-order valence-corrected chi connectivity index (χ1v) is 7.66. The predicted octanol–water partition coefficient (Wildman–Crippen LogP) is 1.37. The van der Waals surface area contributed by atoms with Crippen molar-refractivity contribution in [1.82, 2.24) is 9.44 Å². The lowest BCUT2D eigenvalue weighted by molar-refractivity contribution is 0.121. The van der Waals surface area contributed by atoms with Gasteiger partial charge < -0.3 is 4.74 Å². The van der Waals surface area contributed by atoms with Crippen molar-refractivity contribution >= 4 is 32.2 Å². The van der Waals surface area contributed by atoms with Crippen LogP contribution in [0.4, 0.5) is 4.79 Å². The van der Waals surface area contributed by atoms with Crippen molar-refractivity contribution in [2.75, 3.05) is 6.54 Å². The molecule has 0 saturated heterocycles. The Morgan fingerprint density at radius 1 is 1.29 bits per heavy atom. The molecule has 0 aliphatic heterocycles. The Labute approximate surface area is 111 Å². The maximum atomic E-state index is 11.4. The Morgan fingerprint density at radius 3 is 2.24 bits per heavy atom. The van der Waals surface area contributed by atoms with E-state index in [1.54, 1.807) is 18.6 Å². The minimum atomic E-state index is -3.86. The summed E-state index contributed by atoms with van der Waals surface area (Å²) >= 11 is 3.33. The van der Waals surface area contributed by atoms with Gasteiger partial charge in [-0.05, 0) is 19.8 Å². The molecule has 1 amide bonds. The number of ether oxygens (including phenoxy) is 1. The van der Waals surface area contributed by atoms with Gasteiger partial charge in [-0.1, -0.05) is 29.8 Å². The first kappa shape index (κ1) is 16.7. The molecular weight excluding hydrogens is 312 g/mol. The highest BCUT2D eigenvalue weighted by atomic mass is 79.9. The van der Waals surface area contributed by atoms with Crippen LogP contribution in [0.5, 0.6) is 0 Å². The van der Waals surface area contributed by atoms with Crippen molar-refractivity contribution in [3.05, 3.63) is 0 Å². The van der Waals surface area contributed by atoms with E-state index in [0.29, 0.717) is 0 Å². The van der Waals surface area contributed by atoms with E-state index in [4.69, 9.17) is 0 Å². The van der Waals surface area contributed by atoms with Crippen LogP contribution in [0.25, 0.3) is 0 Å². The van der Waals surface area contributed by atoms with Gasteiger partial charge in [0.1, 0.15) is 0 Å². The molecular formula is C9H19BrN2O4S. The van der Waals surface area contributed by atoms with Crippen LogP contribution in [0.1, 0.15) is 27.7 Å². The maximum Gasteiger partial charge on any atom is 0.422 e. The van der Waals surface area contributed by atoms with E-state index in [9.17, 15) is 13.2 Å². The molecule has 0 aromatic carbocycles. The zero-order valence-corrected chi connectivity index (χ0v) is 12.8. The molecule has 1 atom stereocenters. The van der Waals surface area contributed by atoms with Gasteiger partial charge in [0.2, 0.25) is 0 Å². The minimum Gasteiger partial charge on any atom is -0.446 e. The topological polar surface area (TPSA) is 84.5 Å². The Kier molecular flexibility index (Phi) is 7.03. The summed E-state index contributed by atoms with van der Waals surface area (Å²) in [6.45, 7) is 7.37. The van der Waals surface area contributed by atoms with Gasteiger partial charge in [-0.15, -0.1) is 0 Å². The van der Waals surface area contributed by atoms with Crippen molar-refractivity contribution in [2.24, 2.45) is 5.92 Å². The number of carbonyl (C=O) groups is 1. The van der Waals surface area contributed by atoms with Gasteiger partial charge in [-0.25, -0.2) is 9.52 Å². The fourth-order valence-corrected chi connectivity index (χ4v) is 1.92. The van der Waals surface area contributed by atoms with Gasteiger partial charge in [-0.3, -0.25) is 0 Å². The molecule has 17 heavy (non-hydrogen) atoms. The molecule has 1 unspecified atom stereocenters. The Bertz CT molecular complexity index is 343. The number of halogens is 1. The first-order valence-electron chi connectivity index (χ1n) is 5.26. The summed E-state index contributed by atoms with van der Waals surface area (Å²) in [6, 6.07) is 0. The molecule has 0 fully saturated rings. The molecule has 102 valence electrons. The van der Waals surface area contributed by atoms with Crippen LogP contribution in [0.2, 0.25) is 0 Å². The molecule has 0 saturated carbocycles. The minimum absolute atomic E-state index is 0.000180. The van der Waals surface area contributed by atoms with Crippen LogP contribution < -0.4 is 9.44 Å². The largest absolute Gasteiger partial charge is 0.446 e. The number of nitrogens with one attached hydrogen (secondary N) is 2. The molecule has 2 N–H and O–H groups in total. The van der Waals surface area contributed by atoms with Crippen LogP contribution in [0.15, 0.2) is 0 Å². The predicted molar refractivity (Wildman–Crippen MR) is 69.2 cm³/mol. The summed E-state index contributed by atoms with van der Waals surface area (Å²) in [5.74, 6) is 0.278. The molecule has 0 bridgehead atoms. The van der Waals surface area contributed by atoms with Gasteiger partial charge in [0, 0.05) is 11.4 Å². The van der Waals surface area contributed by atoms with Crippen LogP contribution in [-0.2, 0) is 14.9 Å².